The number of aryl methyl sites for hydroxylation is 3. The second-order valence-electron chi connectivity index (χ2n) is 6.01. The fourth-order valence-corrected chi connectivity index (χ4v) is 2.72. The summed E-state index contributed by atoms with van der Waals surface area (Å²) in [6, 6.07) is 10.4. The van der Waals surface area contributed by atoms with Gasteiger partial charge in [0.1, 0.15) is 17.5 Å². The molecule has 1 N–H and O–H groups in total. The van der Waals surface area contributed by atoms with Crippen LogP contribution in [0.5, 0.6) is 0 Å². The van der Waals surface area contributed by atoms with Crippen LogP contribution in [-0.4, -0.2) is 15.7 Å². The molecule has 1 amide bonds. The number of benzene rings is 2. The second-order valence-corrected chi connectivity index (χ2v) is 6.01. The molecule has 0 saturated heterocycles. The van der Waals surface area contributed by atoms with Gasteiger partial charge >= 0.3 is 0 Å². The number of hydrogen-bond acceptors (Lipinski definition) is 2. The number of aromatic nitrogens is 2. The summed E-state index contributed by atoms with van der Waals surface area (Å²) in [5, 5.41) is 7.04. The fourth-order valence-electron chi connectivity index (χ4n) is 2.72. The minimum atomic E-state index is -0.910. The maximum Gasteiger partial charge on any atom is 0.259 e. The SMILES string of the molecule is Cc1cc(C)cc(-n2nc(C)cc2NC(=O)c2ccc(F)cc2F)c1. The van der Waals surface area contributed by atoms with Crippen LogP contribution in [0.4, 0.5) is 14.6 Å². The van der Waals surface area contributed by atoms with E-state index in [2.05, 4.69) is 10.4 Å². The Hall–Kier alpha value is -3.02. The van der Waals surface area contributed by atoms with Gasteiger partial charge in [-0.3, -0.25) is 4.79 Å². The summed E-state index contributed by atoms with van der Waals surface area (Å²) >= 11 is 0. The molecule has 0 spiro atoms. The molecule has 0 radical (unpaired) electrons. The molecule has 1 heterocycles. The lowest BCUT2D eigenvalue weighted by molar-refractivity contribution is 0.102. The zero-order valence-electron chi connectivity index (χ0n) is 14.1. The van der Waals surface area contributed by atoms with E-state index in [0.29, 0.717) is 17.6 Å². The van der Waals surface area contributed by atoms with E-state index in [-0.39, 0.29) is 5.56 Å². The van der Waals surface area contributed by atoms with Gasteiger partial charge in [0, 0.05) is 12.1 Å². The highest BCUT2D eigenvalue weighted by Gasteiger charge is 2.16. The highest BCUT2D eigenvalue weighted by Crippen LogP contribution is 2.21. The lowest BCUT2D eigenvalue weighted by atomic mass is 10.1. The number of rotatable bonds is 3. The van der Waals surface area contributed by atoms with Crippen molar-refractivity contribution in [1.82, 2.24) is 9.78 Å². The minimum absolute atomic E-state index is 0.229. The van der Waals surface area contributed by atoms with Crippen molar-refractivity contribution in [3.8, 4) is 5.69 Å². The van der Waals surface area contributed by atoms with Crippen molar-refractivity contribution in [2.24, 2.45) is 0 Å². The van der Waals surface area contributed by atoms with Crippen LogP contribution >= 0.6 is 0 Å². The van der Waals surface area contributed by atoms with Crippen molar-refractivity contribution >= 4 is 11.7 Å². The molecule has 0 aliphatic heterocycles. The summed E-state index contributed by atoms with van der Waals surface area (Å²) in [6.07, 6.45) is 0. The Morgan fingerprint density at radius 2 is 1.68 bits per heavy atom. The van der Waals surface area contributed by atoms with Gasteiger partial charge in [0.05, 0.1) is 16.9 Å². The Balaban J connectivity index is 1.97. The van der Waals surface area contributed by atoms with Gasteiger partial charge in [0.25, 0.3) is 5.91 Å². The maximum atomic E-state index is 13.8. The molecule has 0 aliphatic carbocycles. The first-order valence-electron chi connectivity index (χ1n) is 7.75. The van der Waals surface area contributed by atoms with Crippen LogP contribution in [0.25, 0.3) is 5.69 Å². The highest BCUT2D eigenvalue weighted by atomic mass is 19.1. The molecule has 0 fully saturated rings. The van der Waals surface area contributed by atoms with Crippen LogP contribution in [0.1, 0.15) is 27.2 Å². The third-order valence-electron chi connectivity index (χ3n) is 3.70. The van der Waals surface area contributed by atoms with Crippen molar-refractivity contribution in [2.45, 2.75) is 20.8 Å². The normalized spacial score (nSPS) is 10.8. The zero-order chi connectivity index (χ0) is 18.1. The molecule has 25 heavy (non-hydrogen) atoms. The number of halogens is 2. The number of anilines is 1. The Morgan fingerprint density at radius 3 is 2.32 bits per heavy atom. The standard InChI is InChI=1S/C19H17F2N3O/c1-11-6-12(2)8-15(7-11)24-18(9-13(3)23-24)22-19(25)16-5-4-14(20)10-17(16)21/h4-10H,1-3H3,(H,22,25). The molecule has 0 atom stereocenters. The van der Waals surface area contributed by atoms with Gasteiger partial charge in [-0.15, -0.1) is 0 Å². The first kappa shape index (κ1) is 16.8. The summed E-state index contributed by atoms with van der Waals surface area (Å²) < 4.78 is 28.4. The second kappa shape index (κ2) is 6.47. The van der Waals surface area contributed by atoms with Crippen LogP contribution in [0, 0.1) is 32.4 Å². The zero-order valence-corrected chi connectivity index (χ0v) is 14.1. The van der Waals surface area contributed by atoms with Crippen molar-refractivity contribution in [2.75, 3.05) is 5.32 Å². The summed E-state index contributed by atoms with van der Waals surface area (Å²) in [5.41, 5.74) is 3.39. The van der Waals surface area contributed by atoms with E-state index in [4.69, 9.17) is 0 Å². The van der Waals surface area contributed by atoms with E-state index >= 15 is 0 Å². The van der Waals surface area contributed by atoms with Crippen LogP contribution in [-0.2, 0) is 0 Å². The van der Waals surface area contributed by atoms with Gasteiger partial charge in [-0.1, -0.05) is 6.07 Å². The molecule has 1 aromatic heterocycles. The number of carbonyl (C=O) groups excluding carboxylic acids is 1. The number of amides is 1. The number of nitrogens with one attached hydrogen (secondary N) is 1. The van der Waals surface area contributed by atoms with Crippen LogP contribution in [0.3, 0.4) is 0 Å². The molecule has 3 rings (SSSR count). The Morgan fingerprint density at radius 1 is 1.00 bits per heavy atom. The van der Waals surface area contributed by atoms with E-state index in [9.17, 15) is 13.6 Å². The third kappa shape index (κ3) is 3.57. The van der Waals surface area contributed by atoms with Crippen molar-refractivity contribution in [3.63, 3.8) is 0 Å². The van der Waals surface area contributed by atoms with Crippen LogP contribution in [0.15, 0.2) is 42.5 Å². The number of hydrogen-bond donors (Lipinski definition) is 1. The van der Waals surface area contributed by atoms with Gasteiger partial charge in [0.2, 0.25) is 0 Å². The van der Waals surface area contributed by atoms with Gasteiger partial charge in [-0.05, 0) is 56.2 Å². The first-order chi connectivity index (χ1) is 11.8. The van der Waals surface area contributed by atoms with Gasteiger partial charge in [-0.2, -0.15) is 5.10 Å². The predicted octanol–water partition coefficient (Wildman–Crippen LogP) is 4.33. The largest absolute Gasteiger partial charge is 0.306 e. The van der Waals surface area contributed by atoms with E-state index < -0.39 is 17.5 Å². The van der Waals surface area contributed by atoms with Gasteiger partial charge < -0.3 is 5.32 Å². The molecule has 2 aromatic carbocycles. The maximum absolute atomic E-state index is 13.8. The Labute approximate surface area is 144 Å². The Kier molecular flexibility index (Phi) is 4.35. The molecule has 0 saturated carbocycles. The minimum Gasteiger partial charge on any atom is -0.306 e. The summed E-state index contributed by atoms with van der Waals surface area (Å²) in [5.74, 6) is -1.89. The highest BCUT2D eigenvalue weighted by molar-refractivity contribution is 6.04. The molecule has 128 valence electrons. The topological polar surface area (TPSA) is 46.9 Å². The van der Waals surface area contributed by atoms with E-state index in [1.165, 1.54) is 0 Å². The van der Waals surface area contributed by atoms with E-state index in [1.807, 2.05) is 32.0 Å². The summed E-state index contributed by atoms with van der Waals surface area (Å²) in [7, 11) is 0. The predicted molar refractivity (Wildman–Crippen MR) is 92.1 cm³/mol. The molecule has 4 nitrogen and oxygen atoms in total. The molecular formula is C19H17F2N3O. The van der Waals surface area contributed by atoms with Crippen LogP contribution in [0.2, 0.25) is 0 Å². The molecule has 0 bridgehead atoms. The lowest BCUT2D eigenvalue weighted by Gasteiger charge is -2.11. The average molecular weight is 341 g/mol. The first-order valence-corrected chi connectivity index (χ1v) is 7.75. The third-order valence-corrected chi connectivity index (χ3v) is 3.70. The van der Waals surface area contributed by atoms with Gasteiger partial charge in [-0.25, -0.2) is 13.5 Å². The molecule has 6 heteroatoms. The van der Waals surface area contributed by atoms with E-state index in [1.54, 1.807) is 17.7 Å². The smallest absolute Gasteiger partial charge is 0.259 e. The van der Waals surface area contributed by atoms with Crippen molar-refractivity contribution in [1.29, 1.82) is 0 Å². The fraction of sp³-hybridized carbons (Fsp3) is 0.158. The van der Waals surface area contributed by atoms with Crippen LogP contribution < -0.4 is 5.32 Å². The Bertz CT molecular complexity index is 943. The van der Waals surface area contributed by atoms with Crippen molar-refractivity contribution in [3.05, 3.63) is 76.5 Å². The summed E-state index contributed by atoms with van der Waals surface area (Å²) in [6.45, 7) is 5.74. The van der Waals surface area contributed by atoms with Crippen molar-refractivity contribution < 1.29 is 13.6 Å². The quantitative estimate of drug-likeness (QED) is 0.771. The molecule has 3 aromatic rings. The number of carbonyl (C=O) groups is 1. The number of nitrogens with zero attached hydrogens (tertiary/aromatic N) is 2. The molecule has 0 unspecified atom stereocenters. The average Bonchev–Trinajstić information content (AvgIpc) is 2.86. The molecule has 0 aliphatic rings. The van der Waals surface area contributed by atoms with Gasteiger partial charge in [0.15, 0.2) is 0 Å². The molecular weight excluding hydrogens is 324 g/mol. The monoisotopic (exact) mass is 341 g/mol. The van der Waals surface area contributed by atoms with E-state index in [0.717, 1.165) is 28.9 Å². The lowest BCUT2D eigenvalue weighted by Crippen LogP contribution is -2.16. The summed E-state index contributed by atoms with van der Waals surface area (Å²) in [4.78, 5) is 12.4.